The van der Waals surface area contributed by atoms with E-state index < -0.39 is 9.84 Å². The molecule has 0 spiro atoms. The molecule has 26 heavy (non-hydrogen) atoms. The topological polar surface area (TPSA) is 60.4 Å². The van der Waals surface area contributed by atoms with E-state index in [9.17, 15) is 13.2 Å². The van der Waals surface area contributed by atoms with Crippen LogP contribution in [0.4, 0.5) is 0 Å². The zero-order chi connectivity index (χ0) is 18.7. The number of aryl methyl sites for hydroxylation is 2. The molecule has 0 fully saturated rings. The number of benzene rings is 2. The number of sulfone groups is 1. The van der Waals surface area contributed by atoms with Gasteiger partial charge in [0.25, 0.3) is 0 Å². The van der Waals surface area contributed by atoms with E-state index >= 15 is 0 Å². The Labute approximate surface area is 155 Å². The summed E-state index contributed by atoms with van der Waals surface area (Å²) in [5.41, 5.74) is 2.41. The van der Waals surface area contributed by atoms with Crippen LogP contribution in [0.25, 0.3) is 0 Å². The Hall–Kier alpha value is -2.14. The smallest absolute Gasteiger partial charge is 0.310 e. The lowest BCUT2D eigenvalue weighted by Crippen LogP contribution is -2.11. The van der Waals surface area contributed by atoms with E-state index in [4.69, 9.17) is 4.74 Å². The van der Waals surface area contributed by atoms with E-state index in [-0.39, 0.29) is 12.4 Å². The minimum absolute atomic E-state index is 0.165. The van der Waals surface area contributed by atoms with Gasteiger partial charge in [-0.05, 0) is 54.0 Å². The molecule has 1 aliphatic heterocycles. The van der Waals surface area contributed by atoms with Gasteiger partial charge in [-0.15, -0.1) is 0 Å². The number of ether oxygens (including phenoxy) is 1. The summed E-state index contributed by atoms with van der Waals surface area (Å²) in [6, 6.07) is 12.3. The van der Waals surface area contributed by atoms with Crippen molar-refractivity contribution in [3.8, 4) is 0 Å². The third-order valence-corrected chi connectivity index (χ3v) is 6.60. The zero-order valence-corrected chi connectivity index (χ0v) is 16.0. The molecule has 1 heterocycles. The fourth-order valence-corrected chi connectivity index (χ4v) is 4.95. The Balaban J connectivity index is 1.81. The van der Waals surface area contributed by atoms with Crippen LogP contribution in [0, 0.1) is 5.92 Å². The van der Waals surface area contributed by atoms with Crippen LogP contribution in [0.5, 0.6) is 0 Å². The van der Waals surface area contributed by atoms with E-state index in [1.165, 1.54) is 0 Å². The second-order valence-corrected chi connectivity index (χ2v) is 9.02. The minimum atomic E-state index is -3.52. The van der Waals surface area contributed by atoms with Crippen molar-refractivity contribution in [1.82, 2.24) is 0 Å². The van der Waals surface area contributed by atoms with Gasteiger partial charge in [0.2, 0.25) is 9.84 Å². The second kappa shape index (κ2) is 7.62. The zero-order valence-electron chi connectivity index (χ0n) is 15.2. The normalized spacial score (nSPS) is 15.0. The van der Waals surface area contributed by atoms with Crippen molar-refractivity contribution in [2.24, 2.45) is 5.92 Å². The molecule has 138 valence electrons. The first kappa shape index (κ1) is 18.6. The molecule has 0 bridgehead atoms. The highest BCUT2D eigenvalue weighted by atomic mass is 32.2. The van der Waals surface area contributed by atoms with Gasteiger partial charge in [0.15, 0.2) is 0 Å². The van der Waals surface area contributed by atoms with Crippen molar-refractivity contribution < 1.29 is 17.9 Å². The van der Waals surface area contributed by atoms with Crippen LogP contribution < -0.4 is 0 Å². The summed E-state index contributed by atoms with van der Waals surface area (Å²) < 4.78 is 31.2. The number of esters is 1. The minimum Gasteiger partial charge on any atom is -0.465 e. The Bertz CT molecular complexity index is 913. The molecule has 1 aliphatic rings. The molecule has 0 aromatic heterocycles. The van der Waals surface area contributed by atoms with Gasteiger partial charge in [0, 0.05) is 0 Å². The molecule has 2 aromatic rings. The van der Waals surface area contributed by atoms with Gasteiger partial charge in [0.05, 0.1) is 22.8 Å². The van der Waals surface area contributed by atoms with Gasteiger partial charge >= 0.3 is 5.97 Å². The monoisotopic (exact) mass is 372 g/mol. The summed E-state index contributed by atoms with van der Waals surface area (Å²) in [5, 5.41) is 0. The second-order valence-electron chi connectivity index (χ2n) is 7.13. The van der Waals surface area contributed by atoms with Gasteiger partial charge in [-0.2, -0.15) is 0 Å². The molecule has 5 heteroatoms. The molecular formula is C21H24O4S. The maximum Gasteiger partial charge on any atom is 0.310 e. The third-order valence-electron chi connectivity index (χ3n) is 4.65. The Kier molecular flexibility index (Phi) is 5.47. The molecular weight excluding hydrogens is 348 g/mol. The first-order valence-corrected chi connectivity index (χ1v) is 10.5. The van der Waals surface area contributed by atoms with Crippen LogP contribution >= 0.6 is 0 Å². The van der Waals surface area contributed by atoms with E-state index in [2.05, 4.69) is 13.8 Å². The van der Waals surface area contributed by atoms with Gasteiger partial charge in [-0.25, -0.2) is 8.42 Å². The fourth-order valence-electron chi connectivity index (χ4n) is 3.19. The highest BCUT2D eigenvalue weighted by Gasteiger charge is 2.27. The highest BCUT2D eigenvalue weighted by molar-refractivity contribution is 7.91. The van der Waals surface area contributed by atoms with Crippen molar-refractivity contribution in [2.75, 3.05) is 6.61 Å². The van der Waals surface area contributed by atoms with Gasteiger partial charge in [-0.1, -0.05) is 44.2 Å². The first-order chi connectivity index (χ1) is 12.4. The first-order valence-electron chi connectivity index (χ1n) is 8.98. The van der Waals surface area contributed by atoms with Crippen LogP contribution in [-0.2, 0) is 38.6 Å². The lowest BCUT2D eigenvalue weighted by molar-refractivity contribution is -0.143. The lowest BCUT2D eigenvalue weighted by atomic mass is 10.0. The Morgan fingerprint density at radius 2 is 1.73 bits per heavy atom. The van der Waals surface area contributed by atoms with E-state index in [1.54, 1.807) is 24.3 Å². The largest absolute Gasteiger partial charge is 0.465 e. The molecule has 4 nitrogen and oxygen atoms in total. The molecule has 0 saturated heterocycles. The summed E-state index contributed by atoms with van der Waals surface area (Å²) in [5.74, 6) is 0.215. The summed E-state index contributed by atoms with van der Waals surface area (Å²) >= 11 is 0. The fraction of sp³-hybridized carbons (Fsp3) is 0.381. The quantitative estimate of drug-likeness (QED) is 0.750. The van der Waals surface area contributed by atoms with Crippen molar-refractivity contribution in [3.63, 3.8) is 0 Å². The van der Waals surface area contributed by atoms with E-state index in [0.29, 0.717) is 35.2 Å². The van der Waals surface area contributed by atoms with Crippen molar-refractivity contribution in [2.45, 2.75) is 49.3 Å². The van der Waals surface area contributed by atoms with Crippen LogP contribution in [0.2, 0.25) is 0 Å². The number of rotatable bonds is 5. The summed E-state index contributed by atoms with van der Waals surface area (Å²) in [6.07, 6.45) is 2.32. The molecule has 0 atom stereocenters. The van der Waals surface area contributed by atoms with Gasteiger partial charge < -0.3 is 4.74 Å². The average molecular weight is 372 g/mol. The average Bonchev–Trinajstić information content (AvgIpc) is 2.70. The van der Waals surface area contributed by atoms with Crippen molar-refractivity contribution >= 4 is 15.8 Å². The van der Waals surface area contributed by atoms with E-state index in [1.807, 2.05) is 18.2 Å². The maximum absolute atomic E-state index is 13.0. The van der Waals surface area contributed by atoms with E-state index in [0.717, 1.165) is 23.1 Å². The summed E-state index contributed by atoms with van der Waals surface area (Å²) in [6.45, 7) is 4.59. The molecule has 0 aliphatic carbocycles. The molecule has 2 aromatic carbocycles. The predicted molar refractivity (Wildman–Crippen MR) is 99.9 cm³/mol. The van der Waals surface area contributed by atoms with Crippen molar-refractivity contribution in [1.29, 1.82) is 0 Å². The van der Waals surface area contributed by atoms with Crippen LogP contribution in [0.15, 0.2) is 52.3 Å². The maximum atomic E-state index is 13.0. The molecule has 0 radical (unpaired) electrons. The lowest BCUT2D eigenvalue weighted by Gasteiger charge is -2.10. The predicted octanol–water partition coefficient (Wildman–Crippen LogP) is 3.75. The molecule has 0 amide bonds. The molecule has 0 unspecified atom stereocenters. The number of carbonyl (C=O) groups excluding carboxylic acids is 1. The number of carbonyl (C=O) groups is 1. The summed E-state index contributed by atoms with van der Waals surface area (Å²) in [4.78, 5) is 12.7. The van der Waals surface area contributed by atoms with Crippen LogP contribution in [0.1, 0.15) is 37.0 Å². The SMILES string of the molecule is CC(C)CCOC(=O)Cc1ccc2c(c1)CCc1ccccc1S2(=O)=O. The molecule has 0 N–H and O–H groups in total. The Morgan fingerprint density at radius 3 is 2.50 bits per heavy atom. The molecule has 0 saturated carbocycles. The van der Waals surface area contributed by atoms with Crippen molar-refractivity contribution in [3.05, 3.63) is 59.2 Å². The number of fused-ring (bicyclic) bond motifs is 2. The standard InChI is InChI=1S/C21H24O4S/c1-15(2)11-12-25-21(22)14-16-7-10-20-18(13-16)9-8-17-5-3-4-6-19(17)26(20,23)24/h3-7,10,13,15H,8-9,11-12,14H2,1-2H3. The third kappa shape index (κ3) is 3.98. The van der Waals surface area contributed by atoms with Crippen LogP contribution in [0.3, 0.4) is 0 Å². The Morgan fingerprint density at radius 1 is 1.04 bits per heavy atom. The van der Waals surface area contributed by atoms with Gasteiger partial charge in [-0.3, -0.25) is 4.79 Å². The molecule has 3 rings (SSSR count). The summed E-state index contributed by atoms with van der Waals surface area (Å²) in [7, 11) is -3.52. The number of hydrogen-bond donors (Lipinski definition) is 0. The highest BCUT2D eigenvalue weighted by Crippen LogP contribution is 2.32. The van der Waals surface area contributed by atoms with Crippen LogP contribution in [-0.4, -0.2) is 21.0 Å². The van der Waals surface area contributed by atoms with Gasteiger partial charge in [0.1, 0.15) is 0 Å². The number of hydrogen-bond acceptors (Lipinski definition) is 4.